The summed E-state index contributed by atoms with van der Waals surface area (Å²) in [6.07, 6.45) is 1.34. The Morgan fingerprint density at radius 1 is 1.44 bits per heavy atom. The van der Waals surface area contributed by atoms with Crippen molar-refractivity contribution in [3.8, 4) is 0 Å². The Morgan fingerprint density at radius 3 is 2.89 bits per heavy atom. The molecule has 0 atom stereocenters. The summed E-state index contributed by atoms with van der Waals surface area (Å²) in [7, 11) is 0. The van der Waals surface area contributed by atoms with Gasteiger partial charge in [0.2, 0.25) is 0 Å². The zero-order valence-electron chi connectivity index (χ0n) is 9.68. The van der Waals surface area contributed by atoms with Crippen molar-refractivity contribution >= 4 is 22.8 Å². The molecule has 18 heavy (non-hydrogen) atoms. The standard InChI is InChI=1S/C12H14N4O2/c13-4-3-8-6-15-10-2-1-7(5-9(8)10)11(14)16-12(17)18/h1-2,5-6,15H,3-4,13H2,(H2,14,16)(H,17,18). The summed E-state index contributed by atoms with van der Waals surface area (Å²) in [4.78, 5) is 16.9. The summed E-state index contributed by atoms with van der Waals surface area (Å²) in [5.41, 5.74) is 13.8. The smallest absolute Gasteiger partial charge is 0.433 e. The van der Waals surface area contributed by atoms with Crippen molar-refractivity contribution in [2.45, 2.75) is 6.42 Å². The quantitative estimate of drug-likeness (QED) is 0.478. The Hall–Kier alpha value is -2.34. The third-order valence-electron chi connectivity index (χ3n) is 2.69. The number of carboxylic acid groups (broad SMARTS) is 1. The molecule has 2 aromatic rings. The first-order valence-corrected chi connectivity index (χ1v) is 5.49. The molecule has 0 aliphatic heterocycles. The predicted octanol–water partition coefficient (Wildman–Crippen LogP) is 1.05. The van der Waals surface area contributed by atoms with Crippen molar-refractivity contribution in [2.24, 2.45) is 16.5 Å². The van der Waals surface area contributed by atoms with Gasteiger partial charge in [0, 0.05) is 22.7 Å². The van der Waals surface area contributed by atoms with Gasteiger partial charge in [-0.2, -0.15) is 4.99 Å². The second kappa shape index (κ2) is 4.89. The number of hydrogen-bond acceptors (Lipinski definition) is 2. The van der Waals surface area contributed by atoms with Gasteiger partial charge in [-0.15, -0.1) is 0 Å². The van der Waals surface area contributed by atoms with Crippen molar-refractivity contribution < 1.29 is 9.90 Å². The molecule has 0 unspecified atom stereocenters. The van der Waals surface area contributed by atoms with E-state index >= 15 is 0 Å². The highest BCUT2D eigenvalue weighted by atomic mass is 16.4. The largest absolute Gasteiger partial charge is 0.463 e. The summed E-state index contributed by atoms with van der Waals surface area (Å²) in [6, 6.07) is 5.39. The van der Waals surface area contributed by atoms with E-state index in [-0.39, 0.29) is 5.84 Å². The molecule has 2 rings (SSSR count). The Kier molecular flexibility index (Phi) is 3.29. The Balaban J connectivity index is 2.48. The van der Waals surface area contributed by atoms with Crippen molar-refractivity contribution in [1.82, 2.24) is 4.98 Å². The van der Waals surface area contributed by atoms with Gasteiger partial charge in [-0.05, 0) is 36.7 Å². The first-order valence-electron chi connectivity index (χ1n) is 5.49. The molecule has 1 amide bonds. The van der Waals surface area contributed by atoms with Gasteiger partial charge in [0.05, 0.1) is 0 Å². The van der Waals surface area contributed by atoms with Crippen LogP contribution in [0.25, 0.3) is 10.9 Å². The monoisotopic (exact) mass is 246 g/mol. The summed E-state index contributed by atoms with van der Waals surface area (Å²) in [5.74, 6) is -0.00991. The van der Waals surface area contributed by atoms with Gasteiger partial charge in [0.15, 0.2) is 0 Å². The van der Waals surface area contributed by atoms with Crippen LogP contribution in [0.5, 0.6) is 0 Å². The summed E-state index contributed by atoms with van der Waals surface area (Å²) in [6.45, 7) is 0.551. The summed E-state index contributed by atoms with van der Waals surface area (Å²) in [5, 5.41) is 9.55. The molecule has 1 aromatic carbocycles. The number of nitrogens with one attached hydrogen (secondary N) is 1. The molecule has 0 saturated carbocycles. The Morgan fingerprint density at radius 2 is 2.22 bits per heavy atom. The van der Waals surface area contributed by atoms with Crippen LogP contribution in [0.15, 0.2) is 29.4 Å². The van der Waals surface area contributed by atoms with E-state index in [2.05, 4.69) is 9.98 Å². The summed E-state index contributed by atoms with van der Waals surface area (Å²) >= 11 is 0. The Labute approximate surface area is 103 Å². The van der Waals surface area contributed by atoms with Gasteiger partial charge >= 0.3 is 6.09 Å². The van der Waals surface area contributed by atoms with Crippen LogP contribution in [0.3, 0.4) is 0 Å². The maximum Gasteiger partial charge on any atom is 0.433 e. The number of aromatic amines is 1. The van der Waals surface area contributed by atoms with Gasteiger partial charge < -0.3 is 21.6 Å². The lowest BCUT2D eigenvalue weighted by molar-refractivity contribution is 0.205. The van der Waals surface area contributed by atoms with Crippen molar-refractivity contribution in [2.75, 3.05) is 6.54 Å². The summed E-state index contributed by atoms with van der Waals surface area (Å²) < 4.78 is 0. The van der Waals surface area contributed by atoms with Crippen LogP contribution >= 0.6 is 0 Å². The highest BCUT2D eigenvalue weighted by molar-refractivity contribution is 6.04. The molecule has 6 heteroatoms. The number of H-pyrrole nitrogens is 1. The number of nitrogens with two attached hydrogens (primary N) is 2. The van der Waals surface area contributed by atoms with Gasteiger partial charge in [0.25, 0.3) is 0 Å². The maximum absolute atomic E-state index is 10.5. The number of aliphatic imine (C=N–C) groups is 1. The molecule has 0 aliphatic carbocycles. The van der Waals surface area contributed by atoms with Crippen LogP contribution in [-0.4, -0.2) is 28.6 Å². The van der Waals surface area contributed by atoms with Gasteiger partial charge in [-0.1, -0.05) is 0 Å². The normalized spacial score (nSPS) is 11.9. The van der Waals surface area contributed by atoms with Crippen LogP contribution in [0.4, 0.5) is 4.79 Å². The molecule has 1 aromatic heterocycles. The average molecular weight is 246 g/mol. The van der Waals surface area contributed by atoms with E-state index < -0.39 is 6.09 Å². The minimum absolute atomic E-state index is 0.00991. The fourth-order valence-corrected chi connectivity index (χ4v) is 1.87. The van der Waals surface area contributed by atoms with E-state index in [1.54, 1.807) is 6.07 Å². The topological polar surface area (TPSA) is 117 Å². The molecular weight excluding hydrogens is 232 g/mol. The molecule has 1 heterocycles. The first-order chi connectivity index (χ1) is 8.61. The molecule has 6 nitrogen and oxygen atoms in total. The van der Waals surface area contributed by atoms with Crippen molar-refractivity contribution in [3.05, 3.63) is 35.5 Å². The minimum atomic E-state index is -1.30. The number of nitrogens with zero attached hydrogens (tertiary/aromatic N) is 1. The molecule has 0 radical (unpaired) electrons. The second-order valence-electron chi connectivity index (χ2n) is 3.89. The minimum Gasteiger partial charge on any atom is -0.463 e. The number of fused-ring (bicyclic) bond motifs is 1. The lowest BCUT2D eigenvalue weighted by Crippen LogP contribution is -2.15. The second-order valence-corrected chi connectivity index (χ2v) is 3.89. The zero-order chi connectivity index (χ0) is 13.1. The predicted molar refractivity (Wildman–Crippen MR) is 69.8 cm³/mol. The van der Waals surface area contributed by atoms with Gasteiger partial charge in [0.1, 0.15) is 5.84 Å². The van der Waals surface area contributed by atoms with Crippen molar-refractivity contribution in [3.63, 3.8) is 0 Å². The molecule has 0 bridgehead atoms. The molecule has 0 spiro atoms. The van der Waals surface area contributed by atoms with Crippen LogP contribution < -0.4 is 11.5 Å². The molecular formula is C12H14N4O2. The number of carbonyl (C=O) groups is 1. The number of aromatic nitrogens is 1. The molecule has 6 N–H and O–H groups in total. The van der Waals surface area contributed by atoms with E-state index in [1.807, 2.05) is 18.3 Å². The molecule has 94 valence electrons. The SMILES string of the molecule is NCCc1c[nH]c2ccc(C(N)=NC(=O)O)cc12. The van der Waals surface area contributed by atoms with Crippen LogP contribution in [-0.2, 0) is 6.42 Å². The average Bonchev–Trinajstić information content (AvgIpc) is 2.71. The van der Waals surface area contributed by atoms with E-state index in [1.165, 1.54) is 0 Å². The Bertz CT molecular complexity index is 616. The lowest BCUT2D eigenvalue weighted by Gasteiger charge is -2.01. The van der Waals surface area contributed by atoms with Crippen molar-refractivity contribution in [1.29, 1.82) is 0 Å². The number of amides is 1. The van der Waals surface area contributed by atoms with E-state index in [0.29, 0.717) is 12.1 Å². The molecule has 0 saturated heterocycles. The number of hydrogen-bond donors (Lipinski definition) is 4. The molecule has 0 fully saturated rings. The fraction of sp³-hybridized carbons (Fsp3) is 0.167. The van der Waals surface area contributed by atoms with E-state index in [4.69, 9.17) is 16.6 Å². The third-order valence-corrected chi connectivity index (χ3v) is 2.69. The van der Waals surface area contributed by atoms with Gasteiger partial charge in [-0.3, -0.25) is 0 Å². The first kappa shape index (κ1) is 12.1. The van der Waals surface area contributed by atoms with E-state index in [9.17, 15) is 4.79 Å². The fourth-order valence-electron chi connectivity index (χ4n) is 1.87. The highest BCUT2D eigenvalue weighted by Crippen LogP contribution is 2.20. The van der Waals surface area contributed by atoms with E-state index in [0.717, 1.165) is 22.9 Å². The van der Waals surface area contributed by atoms with Crippen LogP contribution in [0, 0.1) is 0 Å². The molecule has 0 aliphatic rings. The lowest BCUT2D eigenvalue weighted by atomic mass is 10.1. The third kappa shape index (κ3) is 2.33. The highest BCUT2D eigenvalue weighted by Gasteiger charge is 2.07. The van der Waals surface area contributed by atoms with Crippen LogP contribution in [0.2, 0.25) is 0 Å². The van der Waals surface area contributed by atoms with Gasteiger partial charge in [-0.25, -0.2) is 4.79 Å². The number of benzene rings is 1. The number of rotatable bonds is 3. The number of amidine groups is 1. The maximum atomic E-state index is 10.5. The zero-order valence-corrected chi connectivity index (χ0v) is 9.68. The van der Waals surface area contributed by atoms with Crippen LogP contribution in [0.1, 0.15) is 11.1 Å².